The Bertz CT molecular complexity index is 1310. The van der Waals surface area contributed by atoms with Crippen LogP contribution in [0.25, 0.3) is 16.7 Å². The average molecular weight is 458 g/mol. The van der Waals surface area contributed by atoms with Gasteiger partial charge < -0.3 is 25.6 Å². The second kappa shape index (κ2) is 9.50. The van der Waals surface area contributed by atoms with E-state index in [0.717, 1.165) is 55.0 Å². The highest BCUT2D eigenvalue weighted by Gasteiger charge is 2.17. The van der Waals surface area contributed by atoms with Crippen LogP contribution in [0.3, 0.4) is 0 Å². The highest BCUT2D eigenvalue weighted by atomic mass is 16.3. The maximum Gasteiger partial charge on any atom is 0.250 e. The number of anilines is 3. The number of benzene rings is 2. The second-order valence-corrected chi connectivity index (χ2v) is 8.26. The van der Waals surface area contributed by atoms with E-state index >= 15 is 0 Å². The number of rotatable bonds is 7. The lowest BCUT2D eigenvalue weighted by atomic mass is 10.2. The van der Waals surface area contributed by atoms with Gasteiger partial charge in [-0.3, -0.25) is 9.69 Å². The van der Waals surface area contributed by atoms with E-state index in [0.29, 0.717) is 17.3 Å². The van der Waals surface area contributed by atoms with Gasteiger partial charge in [0, 0.05) is 61.9 Å². The molecule has 1 amide bonds. The van der Waals surface area contributed by atoms with E-state index in [1.165, 1.54) is 0 Å². The zero-order valence-corrected chi connectivity index (χ0v) is 18.8. The monoisotopic (exact) mass is 457 g/mol. The summed E-state index contributed by atoms with van der Waals surface area (Å²) in [5, 5.41) is 13.2. The molecule has 2 aromatic carbocycles. The van der Waals surface area contributed by atoms with E-state index in [4.69, 9.17) is 10.8 Å². The lowest BCUT2D eigenvalue weighted by Crippen LogP contribution is -2.47. The van der Waals surface area contributed by atoms with E-state index in [1.54, 1.807) is 18.5 Å². The van der Waals surface area contributed by atoms with Gasteiger partial charge in [-0.05, 0) is 30.3 Å². The summed E-state index contributed by atoms with van der Waals surface area (Å²) in [6.07, 6.45) is 3.41. The molecule has 0 bridgehead atoms. The number of nitrogens with two attached hydrogens (primary N) is 1. The summed E-state index contributed by atoms with van der Waals surface area (Å²) < 4.78 is 1.85. The number of primary amides is 1. The molecule has 9 nitrogen and oxygen atoms in total. The first-order valence-corrected chi connectivity index (χ1v) is 11.3. The first-order valence-electron chi connectivity index (χ1n) is 11.3. The molecule has 2 aromatic heterocycles. The molecule has 3 heterocycles. The molecule has 4 aromatic rings. The second-order valence-electron chi connectivity index (χ2n) is 8.26. The molecule has 1 saturated heterocycles. The van der Waals surface area contributed by atoms with Crippen molar-refractivity contribution in [2.45, 2.75) is 0 Å². The number of hydrogen-bond acceptors (Lipinski definition) is 7. The number of para-hydroxylation sites is 1. The maximum atomic E-state index is 11.9. The number of aliphatic hydroxyl groups excluding tert-OH is 1. The van der Waals surface area contributed by atoms with Gasteiger partial charge in [0.25, 0.3) is 5.91 Å². The zero-order chi connectivity index (χ0) is 23.5. The Morgan fingerprint density at radius 3 is 2.68 bits per heavy atom. The third kappa shape index (κ3) is 4.43. The number of aromatic nitrogens is 3. The Hall–Kier alpha value is -3.95. The molecule has 0 aliphatic carbocycles. The van der Waals surface area contributed by atoms with Crippen LogP contribution in [0.15, 0.2) is 67.0 Å². The molecule has 1 aliphatic rings. The Labute approximate surface area is 197 Å². The van der Waals surface area contributed by atoms with E-state index in [-0.39, 0.29) is 6.61 Å². The number of β-amino-alcohol motifs (C(OH)–C–C–N with tert-alkyl or cyclic N) is 1. The van der Waals surface area contributed by atoms with Gasteiger partial charge in [0.15, 0.2) is 0 Å². The lowest BCUT2D eigenvalue weighted by molar-refractivity contribution is 0.100. The van der Waals surface area contributed by atoms with Gasteiger partial charge in [0.1, 0.15) is 5.82 Å². The van der Waals surface area contributed by atoms with Crippen molar-refractivity contribution in [2.75, 3.05) is 49.5 Å². The Kier molecular flexibility index (Phi) is 6.11. The van der Waals surface area contributed by atoms with Crippen LogP contribution in [-0.2, 0) is 0 Å². The van der Waals surface area contributed by atoms with Crippen molar-refractivity contribution in [2.24, 2.45) is 5.73 Å². The van der Waals surface area contributed by atoms with Gasteiger partial charge >= 0.3 is 0 Å². The quantitative estimate of drug-likeness (QED) is 0.391. The van der Waals surface area contributed by atoms with Crippen LogP contribution in [0.5, 0.6) is 0 Å². The number of amides is 1. The number of carbonyl (C=O) groups excluding carboxylic acids is 1. The third-order valence-electron chi connectivity index (χ3n) is 6.12. The van der Waals surface area contributed by atoms with Crippen LogP contribution < -0.4 is 16.0 Å². The summed E-state index contributed by atoms with van der Waals surface area (Å²) in [7, 11) is 0. The number of aliphatic hydroxyl groups is 1. The Morgan fingerprint density at radius 2 is 1.88 bits per heavy atom. The van der Waals surface area contributed by atoms with Crippen molar-refractivity contribution in [3.63, 3.8) is 0 Å². The van der Waals surface area contributed by atoms with Crippen LogP contribution in [0.2, 0.25) is 0 Å². The molecule has 0 spiro atoms. The lowest BCUT2D eigenvalue weighted by Gasteiger charge is -2.35. The molecular formula is C25H27N7O2. The Morgan fingerprint density at radius 1 is 1.06 bits per heavy atom. The number of nitrogens with one attached hydrogen (secondary N) is 1. The van der Waals surface area contributed by atoms with Crippen molar-refractivity contribution < 1.29 is 9.90 Å². The number of piperazine rings is 1. The summed E-state index contributed by atoms with van der Waals surface area (Å²) in [4.78, 5) is 25.6. The summed E-state index contributed by atoms with van der Waals surface area (Å²) >= 11 is 0. The van der Waals surface area contributed by atoms with Crippen LogP contribution in [0.1, 0.15) is 10.4 Å². The minimum atomic E-state index is -0.476. The molecule has 1 aliphatic heterocycles. The first kappa shape index (κ1) is 21.9. The van der Waals surface area contributed by atoms with Crippen molar-refractivity contribution >= 4 is 34.1 Å². The van der Waals surface area contributed by atoms with Gasteiger partial charge in [-0.1, -0.05) is 24.3 Å². The van der Waals surface area contributed by atoms with Crippen LogP contribution in [-0.4, -0.2) is 69.8 Å². The third-order valence-corrected chi connectivity index (χ3v) is 6.12. The van der Waals surface area contributed by atoms with E-state index in [1.807, 2.05) is 41.0 Å². The Balaban J connectivity index is 1.37. The largest absolute Gasteiger partial charge is 0.395 e. The fourth-order valence-corrected chi connectivity index (χ4v) is 4.39. The normalized spacial score (nSPS) is 14.4. The zero-order valence-electron chi connectivity index (χ0n) is 18.8. The number of fused-ring (bicyclic) bond motifs is 1. The first-order chi connectivity index (χ1) is 16.6. The van der Waals surface area contributed by atoms with Gasteiger partial charge in [-0.25, -0.2) is 4.98 Å². The van der Waals surface area contributed by atoms with Gasteiger partial charge in [0.2, 0.25) is 5.95 Å². The predicted octanol–water partition coefficient (Wildman–Crippen LogP) is 2.38. The smallest absolute Gasteiger partial charge is 0.250 e. The molecule has 34 heavy (non-hydrogen) atoms. The summed E-state index contributed by atoms with van der Waals surface area (Å²) in [6, 6.07) is 17.6. The highest BCUT2D eigenvalue weighted by molar-refractivity contribution is 6.06. The predicted molar refractivity (Wildman–Crippen MR) is 133 cm³/mol. The number of carbonyl (C=O) groups is 1. The molecule has 174 valence electrons. The minimum absolute atomic E-state index is 0.196. The van der Waals surface area contributed by atoms with E-state index in [9.17, 15) is 4.79 Å². The molecule has 0 radical (unpaired) electrons. The van der Waals surface area contributed by atoms with Crippen molar-refractivity contribution in [1.82, 2.24) is 19.4 Å². The molecule has 4 N–H and O–H groups in total. The van der Waals surface area contributed by atoms with Crippen molar-refractivity contribution in [3.8, 4) is 5.82 Å². The SMILES string of the molecule is NC(=O)c1cn(-c2ccnc(Nc3cccc(N4CCN(CCO)CC4)c3)n2)c2ccccc12. The van der Waals surface area contributed by atoms with Crippen LogP contribution in [0.4, 0.5) is 17.3 Å². The molecule has 5 rings (SSSR count). The van der Waals surface area contributed by atoms with Crippen molar-refractivity contribution in [3.05, 3.63) is 72.6 Å². The summed E-state index contributed by atoms with van der Waals surface area (Å²) in [5.74, 6) is 0.620. The van der Waals surface area contributed by atoms with E-state index in [2.05, 4.69) is 37.2 Å². The standard InChI is InChI=1S/C25H27N7O2/c26-24(34)21-17-32(22-7-2-1-6-20(21)22)23-8-9-27-25(29-23)28-18-4-3-5-19(16-18)31-12-10-30(11-13-31)14-15-33/h1-9,16-17,33H,10-15H2,(H2,26,34)(H,27,28,29). The molecule has 9 heteroatoms. The van der Waals surface area contributed by atoms with E-state index < -0.39 is 5.91 Å². The number of nitrogens with zero attached hydrogens (tertiary/aromatic N) is 5. The molecule has 0 atom stereocenters. The summed E-state index contributed by atoms with van der Waals surface area (Å²) in [6.45, 7) is 4.61. The van der Waals surface area contributed by atoms with Crippen molar-refractivity contribution in [1.29, 1.82) is 0 Å². The van der Waals surface area contributed by atoms with Gasteiger partial charge in [0.05, 0.1) is 17.7 Å². The number of hydrogen-bond donors (Lipinski definition) is 3. The fourth-order valence-electron chi connectivity index (χ4n) is 4.39. The average Bonchev–Trinajstić information content (AvgIpc) is 3.25. The fraction of sp³-hybridized carbons (Fsp3) is 0.240. The summed E-state index contributed by atoms with van der Waals surface area (Å²) in [5.41, 5.74) is 8.91. The van der Waals surface area contributed by atoms with Crippen LogP contribution >= 0.6 is 0 Å². The highest BCUT2D eigenvalue weighted by Crippen LogP contribution is 2.26. The minimum Gasteiger partial charge on any atom is -0.395 e. The van der Waals surface area contributed by atoms with Crippen LogP contribution in [0, 0.1) is 0 Å². The van der Waals surface area contributed by atoms with Gasteiger partial charge in [-0.2, -0.15) is 4.98 Å². The molecule has 0 saturated carbocycles. The topological polar surface area (TPSA) is 113 Å². The molecular weight excluding hydrogens is 430 g/mol. The molecule has 1 fully saturated rings. The van der Waals surface area contributed by atoms with Gasteiger partial charge in [-0.15, -0.1) is 0 Å². The maximum absolute atomic E-state index is 11.9. The molecule has 0 unspecified atom stereocenters.